The molecule has 0 aliphatic carbocycles. The van der Waals surface area contributed by atoms with Crippen LogP contribution in [0, 0.1) is 11.3 Å². The minimum atomic E-state index is 0.466. The summed E-state index contributed by atoms with van der Waals surface area (Å²) >= 11 is 0. The van der Waals surface area contributed by atoms with Gasteiger partial charge in [-0.3, -0.25) is 4.98 Å². The molecule has 2 aromatic carbocycles. The van der Waals surface area contributed by atoms with E-state index >= 15 is 0 Å². The third-order valence-electron chi connectivity index (χ3n) is 3.88. The first kappa shape index (κ1) is 18.2. The Hall–Kier alpha value is -3.58. The van der Waals surface area contributed by atoms with Crippen molar-refractivity contribution in [2.75, 3.05) is 6.61 Å². The molecule has 134 valence electrons. The van der Waals surface area contributed by atoms with Crippen LogP contribution >= 0.6 is 0 Å². The molecular weight excluding hydrogens is 336 g/mol. The van der Waals surface area contributed by atoms with E-state index in [-0.39, 0.29) is 0 Å². The predicted octanol–water partition coefficient (Wildman–Crippen LogP) is 5.12. The van der Waals surface area contributed by atoms with Crippen LogP contribution in [0.2, 0.25) is 0 Å². The number of benzene rings is 2. The third-order valence-corrected chi connectivity index (χ3v) is 3.88. The molecule has 27 heavy (non-hydrogen) atoms. The second-order valence-electron chi connectivity index (χ2n) is 5.80. The minimum absolute atomic E-state index is 0.466. The molecule has 0 saturated carbocycles. The third kappa shape index (κ3) is 4.96. The fourth-order valence-electron chi connectivity index (χ4n) is 2.59. The largest absolute Gasteiger partial charge is 0.490 e. The predicted molar refractivity (Wildman–Crippen MR) is 106 cm³/mol. The van der Waals surface area contributed by atoms with E-state index in [4.69, 9.17) is 9.47 Å². The Morgan fingerprint density at radius 1 is 1.00 bits per heavy atom. The maximum Gasteiger partial charge on any atom is 0.161 e. The van der Waals surface area contributed by atoms with Crippen LogP contribution in [-0.2, 0) is 6.61 Å². The molecule has 3 aromatic rings. The van der Waals surface area contributed by atoms with Gasteiger partial charge in [0.05, 0.1) is 17.9 Å². The zero-order chi connectivity index (χ0) is 18.9. The maximum absolute atomic E-state index is 9.46. The highest BCUT2D eigenvalue weighted by Crippen LogP contribution is 2.30. The molecule has 0 amide bonds. The van der Waals surface area contributed by atoms with Crippen LogP contribution in [0.5, 0.6) is 11.5 Å². The first-order valence-electron chi connectivity index (χ1n) is 8.77. The van der Waals surface area contributed by atoms with Crippen molar-refractivity contribution in [1.29, 1.82) is 5.26 Å². The second-order valence-corrected chi connectivity index (χ2v) is 5.80. The molecule has 0 aliphatic heterocycles. The van der Waals surface area contributed by atoms with Gasteiger partial charge in [-0.15, -0.1) is 0 Å². The van der Waals surface area contributed by atoms with E-state index in [2.05, 4.69) is 11.1 Å². The molecule has 1 heterocycles. The van der Waals surface area contributed by atoms with Crippen LogP contribution in [0.1, 0.15) is 23.7 Å². The topological polar surface area (TPSA) is 55.1 Å². The van der Waals surface area contributed by atoms with Crippen molar-refractivity contribution in [3.05, 3.63) is 89.7 Å². The monoisotopic (exact) mass is 356 g/mol. The highest BCUT2D eigenvalue weighted by atomic mass is 16.5. The molecule has 0 radical (unpaired) electrons. The SMILES string of the molecule is CCOc1cc(/C=C(\C#N)c2ccccn2)ccc1OCc1ccccc1. The molecule has 0 aliphatic rings. The highest BCUT2D eigenvalue weighted by Gasteiger charge is 2.08. The van der Waals surface area contributed by atoms with Gasteiger partial charge < -0.3 is 9.47 Å². The summed E-state index contributed by atoms with van der Waals surface area (Å²) in [5, 5.41) is 9.46. The second kappa shape index (κ2) is 9.21. The summed E-state index contributed by atoms with van der Waals surface area (Å²) in [4.78, 5) is 4.24. The Bertz CT molecular complexity index is 945. The number of hydrogen-bond donors (Lipinski definition) is 0. The van der Waals surface area contributed by atoms with E-state index in [1.54, 1.807) is 12.3 Å². The van der Waals surface area contributed by atoms with Crippen molar-refractivity contribution >= 4 is 11.6 Å². The van der Waals surface area contributed by atoms with Gasteiger partial charge in [0.25, 0.3) is 0 Å². The summed E-state index contributed by atoms with van der Waals surface area (Å²) in [5.41, 5.74) is 3.08. The molecule has 4 heteroatoms. The zero-order valence-electron chi connectivity index (χ0n) is 15.1. The lowest BCUT2D eigenvalue weighted by atomic mass is 10.1. The van der Waals surface area contributed by atoms with Gasteiger partial charge in [-0.1, -0.05) is 42.5 Å². The van der Waals surface area contributed by atoms with Gasteiger partial charge in [0.2, 0.25) is 0 Å². The standard InChI is InChI=1S/C23H20N2O2/c1-2-26-23-15-19(14-20(16-24)21-10-6-7-13-25-21)11-12-22(23)27-17-18-8-4-3-5-9-18/h3-15H,2,17H2,1H3/b20-14+. The maximum atomic E-state index is 9.46. The molecule has 0 atom stereocenters. The lowest BCUT2D eigenvalue weighted by molar-refractivity contribution is 0.269. The number of allylic oxidation sites excluding steroid dienone is 1. The first-order valence-corrected chi connectivity index (χ1v) is 8.77. The Morgan fingerprint density at radius 3 is 2.52 bits per heavy atom. The van der Waals surface area contributed by atoms with Gasteiger partial charge in [-0.25, -0.2) is 0 Å². The van der Waals surface area contributed by atoms with Gasteiger partial charge in [0.15, 0.2) is 11.5 Å². The average molecular weight is 356 g/mol. The van der Waals surface area contributed by atoms with Crippen molar-refractivity contribution in [3.8, 4) is 17.6 Å². The van der Waals surface area contributed by atoms with E-state index < -0.39 is 0 Å². The number of hydrogen-bond acceptors (Lipinski definition) is 4. The van der Waals surface area contributed by atoms with Crippen molar-refractivity contribution < 1.29 is 9.47 Å². The van der Waals surface area contributed by atoms with Crippen LogP contribution in [-0.4, -0.2) is 11.6 Å². The smallest absolute Gasteiger partial charge is 0.161 e. The van der Waals surface area contributed by atoms with Crippen molar-refractivity contribution in [3.63, 3.8) is 0 Å². The summed E-state index contributed by atoms with van der Waals surface area (Å²) < 4.78 is 11.7. The summed E-state index contributed by atoms with van der Waals surface area (Å²) in [7, 11) is 0. The lowest BCUT2D eigenvalue weighted by Crippen LogP contribution is -2.00. The molecule has 0 fully saturated rings. The highest BCUT2D eigenvalue weighted by molar-refractivity contribution is 5.88. The Labute approximate surface area is 159 Å². The summed E-state index contributed by atoms with van der Waals surface area (Å²) in [5.74, 6) is 1.33. The van der Waals surface area contributed by atoms with Gasteiger partial charge in [-0.05, 0) is 48.4 Å². The fraction of sp³-hybridized carbons (Fsp3) is 0.130. The zero-order valence-corrected chi connectivity index (χ0v) is 15.1. The number of nitrogens with zero attached hydrogens (tertiary/aromatic N) is 2. The first-order chi connectivity index (χ1) is 13.3. The van der Waals surface area contributed by atoms with Gasteiger partial charge in [-0.2, -0.15) is 5.26 Å². The Kier molecular flexibility index (Phi) is 6.21. The molecule has 0 N–H and O–H groups in total. The minimum Gasteiger partial charge on any atom is -0.490 e. The number of aromatic nitrogens is 1. The quantitative estimate of drug-likeness (QED) is 0.551. The van der Waals surface area contributed by atoms with E-state index in [1.807, 2.05) is 73.7 Å². The van der Waals surface area contributed by atoms with Gasteiger partial charge in [0, 0.05) is 6.20 Å². The number of pyridine rings is 1. The lowest BCUT2D eigenvalue weighted by Gasteiger charge is -2.13. The molecule has 3 rings (SSSR count). The van der Waals surface area contributed by atoms with E-state index in [0.717, 1.165) is 11.1 Å². The van der Waals surface area contributed by atoms with E-state index in [0.29, 0.717) is 36.0 Å². The summed E-state index contributed by atoms with van der Waals surface area (Å²) in [6.45, 7) is 2.92. The molecule has 4 nitrogen and oxygen atoms in total. The van der Waals surface area contributed by atoms with Crippen LogP contribution in [0.4, 0.5) is 0 Å². The average Bonchev–Trinajstić information content (AvgIpc) is 2.73. The number of nitriles is 1. The van der Waals surface area contributed by atoms with Gasteiger partial charge in [0.1, 0.15) is 12.7 Å². The summed E-state index contributed by atoms with van der Waals surface area (Å²) in [6.07, 6.45) is 3.47. The molecule has 0 bridgehead atoms. The Morgan fingerprint density at radius 2 is 1.81 bits per heavy atom. The van der Waals surface area contributed by atoms with Crippen molar-refractivity contribution in [1.82, 2.24) is 4.98 Å². The molecule has 0 spiro atoms. The van der Waals surface area contributed by atoms with Crippen molar-refractivity contribution in [2.24, 2.45) is 0 Å². The van der Waals surface area contributed by atoms with E-state index in [1.165, 1.54) is 0 Å². The molecular formula is C23H20N2O2. The van der Waals surface area contributed by atoms with Crippen molar-refractivity contribution in [2.45, 2.75) is 13.5 Å². The van der Waals surface area contributed by atoms with E-state index in [9.17, 15) is 5.26 Å². The number of ether oxygens (including phenoxy) is 2. The van der Waals surface area contributed by atoms with Crippen LogP contribution in [0.25, 0.3) is 11.6 Å². The fourth-order valence-corrected chi connectivity index (χ4v) is 2.59. The van der Waals surface area contributed by atoms with Gasteiger partial charge >= 0.3 is 0 Å². The number of rotatable bonds is 7. The molecule has 0 unspecified atom stereocenters. The molecule has 1 aromatic heterocycles. The Balaban J connectivity index is 1.84. The molecule has 0 saturated heterocycles. The van der Waals surface area contributed by atoms with Crippen LogP contribution in [0.3, 0.4) is 0 Å². The normalized spacial score (nSPS) is 10.9. The van der Waals surface area contributed by atoms with Crippen LogP contribution < -0.4 is 9.47 Å². The van der Waals surface area contributed by atoms with Crippen LogP contribution in [0.15, 0.2) is 72.9 Å². The summed E-state index contributed by atoms with van der Waals surface area (Å²) in [6, 6.07) is 23.3.